The monoisotopic (exact) mass is 428 g/mol. The summed E-state index contributed by atoms with van der Waals surface area (Å²) in [5.74, 6) is 0.507. The topological polar surface area (TPSA) is 49.3 Å². The fraction of sp³-hybridized carbons (Fsp3) is 0.294. The lowest BCUT2D eigenvalue weighted by molar-refractivity contribution is 0.625. The number of guanidine groups is 1. The smallest absolute Gasteiger partial charge is 0.191 e. The number of nitrogens with one attached hydrogen (secondary N) is 2. The third-order valence-corrected chi connectivity index (χ3v) is 3.36. The molecule has 0 unspecified atom stereocenters. The van der Waals surface area contributed by atoms with Gasteiger partial charge in [-0.3, -0.25) is 9.98 Å². The first-order valence-corrected chi connectivity index (χ1v) is 7.28. The summed E-state index contributed by atoms with van der Waals surface area (Å²) in [4.78, 5) is 8.51. The van der Waals surface area contributed by atoms with E-state index in [4.69, 9.17) is 0 Å². The minimum atomic E-state index is -0.203. The van der Waals surface area contributed by atoms with Crippen molar-refractivity contribution >= 4 is 29.9 Å². The van der Waals surface area contributed by atoms with Crippen molar-refractivity contribution in [2.45, 2.75) is 19.9 Å². The number of aliphatic imine (C=N–C) groups is 1. The van der Waals surface area contributed by atoms with Gasteiger partial charge in [0.2, 0.25) is 0 Å². The van der Waals surface area contributed by atoms with Crippen LogP contribution in [0.5, 0.6) is 0 Å². The van der Waals surface area contributed by atoms with E-state index in [2.05, 4.69) is 20.6 Å². The lowest BCUT2D eigenvalue weighted by Gasteiger charge is -2.12. The first-order valence-electron chi connectivity index (χ1n) is 7.28. The van der Waals surface area contributed by atoms with Crippen molar-refractivity contribution in [3.05, 3.63) is 65.2 Å². The van der Waals surface area contributed by atoms with Gasteiger partial charge in [-0.05, 0) is 42.7 Å². The van der Waals surface area contributed by atoms with E-state index in [1.807, 2.05) is 25.1 Å². The Balaban J connectivity index is 0.00000264. The Morgan fingerprint density at radius 2 is 2.04 bits per heavy atom. The third kappa shape index (κ3) is 6.52. The molecule has 0 saturated carbocycles. The summed E-state index contributed by atoms with van der Waals surface area (Å²) in [5.41, 5.74) is 3.10. The third-order valence-electron chi connectivity index (χ3n) is 3.36. The number of rotatable bonds is 5. The van der Waals surface area contributed by atoms with Crippen LogP contribution in [0, 0.1) is 12.7 Å². The molecule has 0 aliphatic carbocycles. The van der Waals surface area contributed by atoms with Gasteiger partial charge in [0.1, 0.15) is 5.82 Å². The summed E-state index contributed by atoms with van der Waals surface area (Å²) >= 11 is 0. The maximum Gasteiger partial charge on any atom is 0.191 e. The predicted molar refractivity (Wildman–Crippen MR) is 103 cm³/mol. The van der Waals surface area contributed by atoms with Crippen molar-refractivity contribution in [3.8, 4) is 0 Å². The fourth-order valence-electron chi connectivity index (χ4n) is 2.11. The molecule has 0 bridgehead atoms. The van der Waals surface area contributed by atoms with Gasteiger partial charge >= 0.3 is 0 Å². The van der Waals surface area contributed by atoms with E-state index in [0.29, 0.717) is 19.0 Å². The Labute approximate surface area is 153 Å². The molecule has 4 nitrogen and oxygen atoms in total. The SMILES string of the molecule is CN=C(NCCc1cccc(F)c1)NCc1ncccc1C.I. The van der Waals surface area contributed by atoms with Crippen molar-refractivity contribution in [2.75, 3.05) is 13.6 Å². The first kappa shape index (κ1) is 19.3. The van der Waals surface area contributed by atoms with Crippen molar-refractivity contribution in [3.63, 3.8) is 0 Å². The molecule has 0 spiro atoms. The number of aryl methyl sites for hydroxylation is 1. The van der Waals surface area contributed by atoms with Crippen LogP contribution in [-0.4, -0.2) is 24.5 Å². The Hall–Kier alpha value is -1.70. The van der Waals surface area contributed by atoms with Crippen molar-refractivity contribution < 1.29 is 4.39 Å². The molecular weight excluding hydrogens is 406 g/mol. The average Bonchev–Trinajstić information content (AvgIpc) is 2.52. The number of halogens is 2. The standard InChI is InChI=1S/C17H21FN4.HI/c1-13-5-4-9-20-16(13)12-22-17(19-2)21-10-8-14-6-3-7-15(18)11-14;/h3-7,9,11H,8,10,12H2,1-2H3,(H2,19,21,22);1H. The minimum Gasteiger partial charge on any atom is -0.356 e. The molecule has 0 amide bonds. The molecular formula is C17H22FIN4. The zero-order valence-corrected chi connectivity index (χ0v) is 15.7. The molecule has 2 aromatic rings. The van der Waals surface area contributed by atoms with Crippen LogP contribution in [-0.2, 0) is 13.0 Å². The minimum absolute atomic E-state index is 0. The van der Waals surface area contributed by atoms with Crippen LogP contribution in [0.25, 0.3) is 0 Å². The summed E-state index contributed by atoms with van der Waals surface area (Å²) in [5, 5.41) is 6.44. The summed E-state index contributed by atoms with van der Waals surface area (Å²) in [6.07, 6.45) is 2.52. The number of nitrogens with zero attached hydrogens (tertiary/aromatic N) is 2. The second-order valence-corrected chi connectivity index (χ2v) is 5.00. The maximum atomic E-state index is 13.1. The van der Waals surface area contributed by atoms with Crippen LogP contribution in [0.4, 0.5) is 4.39 Å². The highest BCUT2D eigenvalue weighted by Crippen LogP contribution is 2.04. The predicted octanol–water partition coefficient (Wildman–Crippen LogP) is 3.05. The molecule has 2 N–H and O–H groups in total. The van der Waals surface area contributed by atoms with Crippen LogP contribution in [0.1, 0.15) is 16.8 Å². The highest BCUT2D eigenvalue weighted by molar-refractivity contribution is 14.0. The van der Waals surface area contributed by atoms with Gasteiger partial charge in [0, 0.05) is 19.8 Å². The van der Waals surface area contributed by atoms with Gasteiger partial charge in [-0.15, -0.1) is 24.0 Å². The molecule has 1 aromatic carbocycles. The quantitative estimate of drug-likeness (QED) is 0.438. The number of aromatic nitrogens is 1. The van der Waals surface area contributed by atoms with Crippen molar-refractivity contribution in [2.24, 2.45) is 4.99 Å². The summed E-state index contributed by atoms with van der Waals surface area (Å²) in [6.45, 7) is 3.33. The van der Waals surface area contributed by atoms with Crippen molar-refractivity contribution in [1.29, 1.82) is 0 Å². The molecule has 0 fully saturated rings. The molecule has 0 aliphatic rings. The summed E-state index contributed by atoms with van der Waals surface area (Å²) in [6, 6.07) is 10.6. The van der Waals surface area contributed by atoms with Crippen LogP contribution < -0.4 is 10.6 Å². The normalized spacial score (nSPS) is 10.8. The van der Waals surface area contributed by atoms with Gasteiger partial charge in [-0.2, -0.15) is 0 Å². The molecule has 2 rings (SSSR count). The Morgan fingerprint density at radius 3 is 2.74 bits per heavy atom. The summed E-state index contributed by atoms with van der Waals surface area (Å²) in [7, 11) is 1.72. The molecule has 23 heavy (non-hydrogen) atoms. The fourth-order valence-corrected chi connectivity index (χ4v) is 2.11. The Bertz CT molecular complexity index is 646. The van der Waals surface area contributed by atoms with E-state index < -0.39 is 0 Å². The second kappa shape index (κ2) is 10.1. The number of hydrogen-bond acceptors (Lipinski definition) is 2. The van der Waals surface area contributed by atoms with Crippen LogP contribution in [0.2, 0.25) is 0 Å². The molecule has 6 heteroatoms. The van der Waals surface area contributed by atoms with Gasteiger partial charge in [-0.25, -0.2) is 4.39 Å². The number of hydrogen-bond donors (Lipinski definition) is 2. The lowest BCUT2D eigenvalue weighted by Crippen LogP contribution is -2.38. The largest absolute Gasteiger partial charge is 0.356 e. The number of benzene rings is 1. The van der Waals surface area contributed by atoms with E-state index in [1.54, 1.807) is 25.4 Å². The first-order chi connectivity index (χ1) is 10.7. The van der Waals surface area contributed by atoms with Gasteiger partial charge in [0.05, 0.1) is 12.2 Å². The average molecular weight is 428 g/mol. The van der Waals surface area contributed by atoms with Crippen molar-refractivity contribution in [1.82, 2.24) is 15.6 Å². The zero-order chi connectivity index (χ0) is 15.8. The lowest BCUT2D eigenvalue weighted by atomic mass is 10.1. The maximum absolute atomic E-state index is 13.1. The van der Waals surface area contributed by atoms with Crippen LogP contribution >= 0.6 is 24.0 Å². The molecule has 0 radical (unpaired) electrons. The van der Waals surface area contributed by atoms with E-state index in [9.17, 15) is 4.39 Å². The molecule has 1 aromatic heterocycles. The molecule has 0 saturated heterocycles. The number of pyridine rings is 1. The van der Waals surface area contributed by atoms with E-state index >= 15 is 0 Å². The van der Waals surface area contributed by atoms with Crippen LogP contribution in [0.15, 0.2) is 47.6 Å². The Morgan fingerprint density at radius 1 is 1.22 bits per heavy atom. The highest BCUT2D eigenvalue weighted by Gasteiger charge is 2.02. The Kier molecular flexibility index (Phi) is 8.53. The van der Waals surface area contributed by atoms with Crippen LogP contribution in [0.3, 0.4) is 0 Å². The van der Waals surface area contributed by atoms with Gasteiger partial charge in [0.15, 0.2) is 5.96 Å². The molecule has 0 aliphatic heterocycles. The zero-order valence-electron chi connectivity index (χ0n) is 13.3. The summed E-state index contributed by atoms with van der Waals surface area (Å²) < 4.78 is 13.1. The van der Waals surface area contributed by atoms with E-state index in [1.165, 1.54) is 6.07 Å². The van der Waals surface area contributed by atoms with Gasteiger partial charge in [-0.1, -0.05) is 18.2 Å². The highest BCUT2D eigenvalue weighted by atomic mass is 127. The van der Waals surface area contributed by atoms with Gasteiger partial charge in [0.25, 0.3) is 0 Å². The molecule has 0 atom stereocenters. The van der Waals surface area contributed by atoms with E-state index in [0.717, 1.165) is 23.2 Å². The van der Waals surface area contributed by atoms with E-state index in [-0.39, 0.29) is 29.8 Å². The molecule has 124 valence electrons. The van der Waals surface area contributed by atoms with Gasteiger partial charge < -0.3 is 10.6 Å². The molecule has 1 heterocycles. The second-order valence-electron chi connectivity index (χ2n) is 5.00.